The Morgan fingerprint density at radius 2 is 2.19 bits per heavy atom. The molecular weight excluding hydrogens is 214 g/mol. The van der Waals surface area contributed by atoms with Crippen molar-refractivity contribution in [1.29, 1.82) is 0 Å². The zero-order valence-electron chi connectivity index (χ0n) is 8.22. The van der Waals surface area contributed by atoms with Crippen LogP contribution >= 0.6 is 0 Å². The van der Waals surface area contributed by atoms with Crippen molar-refractivity contribution in [1.82, 2.24) is 14.5 Å². The van der Waals surface area contributed by atoms with E-state index in [0.717, 1.165) is 6.07 Å². The molecule has 2 aromatic rings. The molecule has 2 aromatic heterocycles. The molecule has 2 rings (SSSR count). The summed E-state index contributed by atoms with van der Waals surface area (Å²) in [5.41, 5.74) is -1.14. The summed E-state index contributed by atoms with van der Waals surface area (Å²) in [5, 5.41) is 8.84. The zero-order chi connectivity index (χ0) is 11.9. The second-order valence-corrected chi connectivity index (χ2v) is 3.21. The molecule has 0 amide bonds. The van der Waals surface area contributed by atoms with Crippen LogP contribution in [0.5, 0.6) is 0 Å². The maximum absolute atomic E-state index is 11.4. The number of carboxylic acids is 1. The molecule has 0 radical (unpaired) electrons. The summed E-state index contributed by atoms with van der Waals surface area (Å²) in [5.74, 6) is -1.23. The van der Waals surface area contributed by atoms with Crippen molar-refractivity contribution in [3.8, 4) is 0 Å². The van der Waals surface area contributed by atoms with Gasteiger partial charge < -0.3 is 5.11 Å². The Balaban J connectivity index is 2.96. The molecule has 82 valence electrons. The van der Waals surface area contributed by atoms with Crippen LogP contribution in [0.1, 0.15) is 10.5 Å². The van der Waals surface area contributed by atoms with Gasteiger partial charge in [-0.1, -0.05) is 0 Å². The Morgan fingerprint density at radius 3 is 2.81 bits per heavy atom. The van der Waals surface area contributed by atoms with Crippen LogP contribution in [-0.2, 0) is 7.05 Å². The highest BCUT2D eigenvalue weighted by atomic mass is 16.4. The number of aromatic carboxylic acids is 1. The average Bonchev–Trinajstić information content (AvgIpc) is 2.25. The predicted octanol–water partition coefficient (Wildman–Crippen LogP) is -0.680. The van der Waals surface area contributed by atoms with E-state index in [1.165, 1.54) is 17.8 Å². The van der Waals surface area contributed by atoms with E-state index in [1.54, 1.807) is 0 Å². The number of hydrogen-bond donors (Lipinski definition) is 2. The van der Waals surface area contributed by atoms with E-state index in [4.69, 9.17) is 5.11 Å². The molecule has 0 aliphatic carbocycles. The lowest BCUT2D eigenvalue weighted by molar-refractivity contribution is 0.0690. The minimum absolute atomic E-state index is 0.120. The number of pyridine rings is 1. The summed E-state index contributed by atoms with van der Waals surface area (Å²) >= 11 is 0. The monoisotopic (exact) mass is 221 g/mol. The standard InChI is InChI=1S/C9H7N3O4/c1-12-6-3-10-5(8(14)15)2-4(6)7(13)11-9(12)16/h2-3H,1H3,(H,14,15)(H,11,13,16). The summed E-state index contributed by atoms with van der Waals surface area (Å²) < 4.78 is 1.19. The van der Waals surface area contributed by atoms with Crippen molar-refractivity contribution in [2.24, 2.45) is 7.05 Å². The number of carbonyl (C=O) groups is 1. The predicted molar refractivity (Wildman–Crippen MR) is 54.6 cm³/mol. The first kappa shape index (κ1) is 10.1. The highest BCUT2D eigenvalue weighted by Gasteiger charge is 2.10. The molecule has 0 spiro atoms. The highest BCUT2D eigenvalue weighted by Crippen LogP contribution is 2.06. The second-order valence-electron chi connectivity index (χ2n) is 3.21. The summed E-state index contributed by atoms with van der Waals surface area (Å²) in [6.07, 6.45) is 1.19. The third-order valence-electron chi connectivity index (χ3n) is 2.23. The number of nitrogens with zero attached hydrogens (tertiary/aromatic N) is 2. The fourth-order valence-electron chi connectivity index (χ4n) is 1.37. The van der Waals surface area contributed by atoms with Crippen molar-refractivity contribution < 1.29 is 9.90 Å². The molecule has 0 aliphatic rings. The van der Waals surface area contributed by atoms with Crippen LogP contribution in [-0.4, -0.2) is 25.6 Å². The SMILES string of the molecule is Cn1c(=O)[nH]c(=O)c2cc(C(=O)O)ncc21. The largest absolute Gasteiger partial charge is 0.477 e. The molecule has 0 aromatic carbocycles. The van der Waals surface area contributed by atoms with E-state index in [2.05, 4.69) is 9.97 Å². The van der Waals surface area contributed by atoms with Crippen molar-refractivity contribution in [2.75, 3.05) is 0 Å². The molecular formula is C9H7N3O4. The van der Waals surface area contributed by atoms with Gasteiger partial charge in [0.05, 0.1) is 17.1 Å². The van der Waals surface area contributed by atoms with Crippen LogP contribution in [0.15, 0.2) is 21.9 Å². The molecule has 0 bridgehead atoms. The van der Waals surface area contributed by atoms with Gasteiger partial charge >= 0.3 is 11.7 Å². The first-order valence-corrected chi connectivity index (χ1v) is 4.33. The fourth-order valence-corrected chi connectivity index (χ4v) is 1.37. The molecule has 0 saturated carbocycles. The number of rotatable bonds is 1. The van der Waals surface area contributed by atoms with Crippen LogP contribution in [0, 0.1) is 0 Å². The minimum atomic E-state index is -1.23. The Labute approximate surface area is 88.0 Å². The third kappa shape index (κ3) is 1.38. The van der Waals surface area contributed by atoms with Gasteiger partial charge in [-0.3, -0.25) is 14.3 Å². The van der Waals surface area contributed by atoms with E-state index in [-0.39, 0.29) is 11.1 Å². The van der Waals surface area contributed by atoms with Crippen molar-refractivity contribution in [2.45, 2.75) is 0 Å². The van der Waals surface area contributed by atoms with Crippen molar-refractivity contribution in [3.63, 3.8) is 0 Å². The number of aromatic amines is 1. The van der Waals surface area contributed by atoms with Gasteiger partial charge in [-0.25, -0.2) is 14.6 Å². The van der Waals surface area contributed by atoms with Gasteiger partial charge in [0.15, 0.2) is 0 Å². The number of fused-ring (bicyclic) bond motifs is 1. The fraction of sp³-hybridized carbons (Fsp3) is 0.111. The van der Waals surface area contributed by atoms with Crippen LogP contribution in [0.2, 0.25) is 0 Å². The van der Waals surface area contributed by atoms with Crippen molar-refractivity contribution >= 4 is 16.9 Å². The Bertz CT molecular complexity index is 698. The van der Waals surface area contributed by atoms with Crippen LogP contribution in [0.4, 0.5) is 0 Å². The Morgan fingerprint density at radius 1 is 1.50 bits per heavy atom. The number of nitrogens with one attached hydrogen (secondary N) is 1. The molecule has 2 N–H and O–H groups in total. The molecule has 7 nitrogen and oxygen atoms in total. The van der Waals surface area contributed by atoms with E-state index in [9.17, 15) is 14.4 Å². The molecule has 0 fully saturated rings. The molecule has 16 heavy (non-hydrogen) atoms. The highest BCUT2D eigenvalue weighted by molar-refractivity contribution is 5.90. The minimum Gasteiger partial charge on any atom is -0.477 e. The first-order chi connectivity index (χ1) is 7.50. The third-order valence-corrected chi connectivity index (χ3v) is 2.23. The summed E-state index contributed by atoms with van der Waals surface area (Å²) in [7, 11) is 1.46. The molecule has 7 heteroatoms. The van der Waals surface area contributed by atoms with Gasteiger partial charge in [-0.2, -0.15) is 0 Å². The lowest BCUT2D eigenvalue weighted by Gasteiger charge is -2.02. The van der Waals surface area contributed by atoms with Gasteiger partial charge in [-0.15, -0.1) is 0 Å². The zero-order valence-corrected chi connectivity index (χ0v) is 8.22. The summed E-state index contributed by atoms with van der Waals surface area (Å²) in [6.45, 7) is 0. The second kappa shape index (κ2) is 3.30. The molecule has 0 aliphatic heterocycles. The van der Waals surface area contributed by atoms with Crippen LogP contribution in [0.25, 0.3) is 10.9 Å². The van der Waals surface area contributed by atoms with Gasteiger partial charge in [0.25, 0.3) is 5.56 Å². The average molecular weight is 221 g/mol. The normalized spacial score (nSPS) is 10.6. The number of H-pyrrole nitrogens is 1. The summed E-state index contributed by atoms with van der Waals surface area (Å²) in [6, 6.07) is 1.13. The van der Waals surface area contributed by atoms with E-state index < -0.39 is 17.2 Å². The molecule has 0 atom stereocenters. The topological polar surface area (TPSA) is 105 Å². The molecule has 0 saturated heterocycles. The van der Waals surface area contributed by atoms with Gasteiger partial charge in [0, 0.05) is 7.05 Å². The maximum atomic E-state index is 11.4. The number of carboxylic acid groups (broad SMARTS) is 1. The number of aryl methyl sites for hydroxylation is 1. The maximum Gasteiger partial charge on any atom is 0.354 e. The van der Waals surface area contributed by atoms with Crippen molar-refractivity contribution in [3.05, 3.63) is 38.8 Å². The smallest absolute Gasteiger partial charge is 0.354 e. The van der Waals surface area contributed by atoms with E-state index in [1.807, 2.05) is 0 Å². The number of aromatic nitrogens is 3. The summed E-state index contributed by atoms with van der Waals surface area (Å²) in [4.78, 5) is 39.1. The van der Waals surface area contributed by atoms with E-state index >= 15 is 0 Å². The lowest BCUT2D eigenvalue weighted by atomic mass is 10.2. The Hall–Kier alpha value is -2.44. The van der Waals surface area contributed by atoms with Gasteiger partial charge in [0.1, 0.15) is 5.69 Å². The first-order valence-electron chi connectivity index (χ1n) is 4.33. The van der Waals surface area contributed by atoms with Gasteiger partial charge in [-0.05, 0) is 6.07 Å². The quantitative estimate of drug-likeness (QED) is 0.663. The number of hydrogen-bond acceptors (Lipinski definition) is 4. The van der Waals surface area contributed by atoms with Crippen LogP contribution in [0.3, 0.4) is 0 Å². The Kier molecular flexibility index (Phi) is 2.08. The van der Waals surface area contributed by atoms with Crippen LogP contribution < -0.4 is 11.2 Å². The molecule has 0 unspecified atom stereocenters. The van der Waals surface area contributed by atoms with Gasteiger partial charge in [0.2, 0.25) is 0 Å². The molecule has 2 heterocycles. The van der Waals surface area contributed by atoms with E-state index in [0.29, 0.717) is 5.52 Å². The lowest BCUT2D eigenvalue weighted by Crippen LogP contribution is -2.28.